The summed E-state index contributed by atoms with van der Waals surface area (Å²) in [6, 6.07) is -3.32. The van der Waals surface area contributed by atoms with E-state index < -0.39 is 35.9 Å². The van der Waals surface area contributed by atoms with Crippen LogP contribution in [-0.4, -0.2) is 72.0 Å². The molecule has 3 amide bonds. The van der Waals surface area contributed by atoms with Crippen LogP contribution in [0.2, 0.25) is 0 Å². The van der Waals surface area contributed by atoms with Gasteiger partial charge >= 0.3 is 5.97 Å². The Hall–Kier alpha value is -2.89. The van der Waals surface area contributed by atoms with Crippen LogP contribution in [0.25, 0.3) is 0 Å². The van der Waals surface area contributed by atoms with Gasteiger partial charge in [-0.15, -0.1) is 0 Å². The van der Waals surface area contributed by atoms with Gasteiger partial charge < -0.3 is 37.8 Å². The molecule has 12 heteroatoms. The van der Waals surface area contributed by atoms with Crippen LogP contribution in [0.5, 0.6) is 0 Å². The Bertz CT molecular complexity index is 630. The molecule has 4 atom stereocenters. The van der Waals surface area contributed by atoms with Gasteiger partial charge in [-0.1, -0.05) is 0 Å². The molecule has 164 valence electrons. The molecule has 0 aromatic carbocycles. The summed E-state index contributed by atoms with van der Waals surface area (Å²) in [7, 11) is 0. The molecule has 29 heavy (non-hydrogen) atoms. The lowest BCUT2D eigenvalue weighted by molar-refractivity contribution is -0.141. The standard InChI is InChI=1S/C17H31N7O5/c1-9(22-14(26)11-5-3-7-20-11)13(25)24-12(6-4-8-21-17(18)19)15(27)23-10(2)16(28)29/h9-12,20H,3-8H2,1-2H3,(H,22,26)(H,23,27)(H,24,25)(H,28,29)(H4,18,19,21)/t9-,10-,11-,12-/m0/s1. The Morgan fingerprint density at radius 2 is 1.79 bits per heavy atom. The van der Waals surface area contributed by atoms with Crippen LogP contribution in [0.3, 0.4) is 0 Å². The number of carboxylic acids is 1. The molecule has 0 spiro atoms. The van der Waals surface area contributed by atoms with Gasteiger partial charge in [0.1, 0.15) is 18.1 Å². The van der Waals surface area contributed by atoms with Crippen molar-refractivity contribution in [2.45, 2.75) is 63.7 Å². The van der Waals surface area contributed by atoms with Crippen molar-refractivity contribution < 1.29 is 24.3 Å². The van der Waals surface area contributed by atoms with E-state index in [9.17, 15) is 19.2 Å². The normalized spacial score (nSPS) is 18.8. The number of carbonyl (C=O) groups excluding carboxylic acids is 3. The molecule has 0 saturated carbocycles. The largest absolute Gasteiger partial charge is 0.480 e. The minimum Gasteiger partial charge on any atom is -0.480 e. The molecule has 1 saturated heterocycles. The van der Waals surface area contributed by atoms with Gasteiger partial charge in [0.25, 0.3) is 0 Å². The van der Waals surface area contributed by atoms with Crippen molar-refractivity contribution in [3.05, 3.63) is 0 Å². The van der Waals surface area contributed by atoms with Crippen LogP contribution in [0.15, 0.2) is 4.99 Å². The lowest BCUT2D eigenvalue weighted by Crippen LogP contribution is -2.56. The SMILES string of the molecule is C[C@H](NC(=O)[C@H](CCCN=C(N)N)NC(=O)[C@H](C)NC(=O)[C@@H]1CCCN1)C(=O)O. The van der Waals surface area contributed by atoms with Gasteiger partial charge in [-0.25, -0.2) is 0 Å². The van der Waals surface area contributed by atoms with Gasteiger partial charge in [0, 0.05) is 6.54 Å². The van der Waals surface area contributed by atoms with Crippen LogP contribution in [0.1, 0.15) is 39.5 Å². The minimum atomic E-state index is -1.20. The summed E-state index contributed by atoms with van der Waals surface area (Å²) in [4.78, 5) is 51.8. The second-order valence-electron chi connectivity index (χ2n) is 6.96. The molecule has 0 aromatic heterocycles. The number of amides is 3. The van der Waals surface area contributed by atoms with E-state index >= 15 is 0 Å². The Labute approximate surface area is 169 Å². The topological polar surface area (TPSA) is 201 Å². The summed E-state index contributed by atoms with van der Waals surface area (Å²) in [5.74, 6) is -2.77. The van der Waals surface area contributed by atoms with Crippen molar-refractivity contribution in [1.29, 1.82) is 0 Å². The predicted molar refractivity (Wildman–Crippen MR) is 106 cm³/mol. The average Bonchev–Trinajstić information content (AvgIpc) is 3.18. The van der Waals surface area contributed by atoms with E-state index in [2.05, 4.69) is 26.3 Å². The summed E-state index contributed by atoms with van der Waals surface area (Å²) in [6.45, 7) is 3.82. The summed E-state index contributed by atoms with van der Waals surface area (Å²) >= 11 is 0. The third kappa shape index (κ3) is 8.77. The second-order valence-corrected chi connectivity index (χ2v) is 6.96. The number of nitrogens with zero attached hydrogens (tertiary/aromatic N) is 1. The van der Waals surface area contributed by atoms with E-state index in [0.29, 0.717) is 12.8 Å². The zero-order chi connectivity index (χ0) is 22.0. The first-order chi connectivity index (χ1) is 13.6. The molecule has 0 aliphatic carbocycles. The van der Waals surface area contributed by atoms with Crippen molar-refractivity contribution in [3.8, 4) is 0 Å². The molecule has 1 fully saturated rings. The average molecular weight is 413 g/mol. The number of hydrogen-bond donors (Lipinski definition) is 7. The molecular formula is C17H31N7O5. The molecule has 1 heterocycles. The highest BCUT2D eigenvalue weighted by atomic mass is 16.4. The number of nitrogens with one attached hydrogen (secondary N) is 4. The fourth-order valence-electron chi connectivity index (χ4n) is 2.73. The summed E-state index contributed by atoms with van der Waals surface area (Å²) in [6.07, 6.45) is 2.15. The lowest BCUT2D eigenvalue weighted by atomic mass is 10.1. The molecule has 0 aromatic rings. The first-order valence-electron chi connectivity index (χ1n) is 9.54. The van der Waals surface area contributed by atoms with E-state index in [1.165, 1.54) is 13.8 Å². The maximum Gasteiger partial charge on any atom is 0.325 e. The van der Waals surface area contributed by atoms with Gasteiger partial charge in [-0.05, 0) is 46.1 Å². The van der Waals surface area contributed by atoms with Crippen molar-refractivity contribution >= 4 is 29.7 Å². The molecule has 1 aliphatic heterocycles. The van der Waals surface area contributed by atoms with Gasteiger partial charge in [-0.3, -0.25) is 24.2 Å². The van der Waals surface area contributed by atoms with Crippen molar-refractivity contribution in [1.82, 2.24) is 21.3 Å². The molecule has 0 unspecified atom stereocenters. The number of guanidine groups is 1. The number of aliphatic imine (C=N–C) groups is 1. The van der Waals surface area contributed by atoms with Crippen molar-refractivity contribution in [2.75, 3.05) is 13.1 Å². The highest BCUT2D eigenvalue weighted by Crippen LogP contribution is 2.05. The number of carbonyl (C=O) groups is 4. The van der Waals surface area contributed by atoms with Gasteiger partial charge in [0.05, 0.1) is 6.04 Å². The molecule has 9 N–H and O–H groups in total. The number of rotatable bonds is 11. The van der Waals surface area contributed by atoms with E-state index in [0.717, 1.165) is 13.0 Å². The monoisotopic (exact) mass is 413 g/mol. The van der Waals surface area contributed by atoms with Crippen LogP contribution in [0.4, 0.5) is 0 Å². The van der Waals surface area contributed by atoms with Gasteiger partial charge in [0.2, 0.25) is 17.7 Å². The maximum atomic E-state index is 12.5. The first kappa shape index (κ1) is 24.1. The number of hydrogen-bond acceptors (Lipinski definition) is 6. The molecule has 12 nitrogen and oxygen atoms in total. The number of nitrogens with two attached hydrogens (primary N) is 2. The summed E-state index contributed by atoms with van der Waals surface area (Å²) in [5.41, 5.74) is 10.5. The minimum absolute atomic E-state index is 0.0913. The first-order valence-corrected chi connectivity index (χ1v) is 9.54. The van der Waals surface area contributed by atoms with E-state index in [-0.39, 0.29) is 30.9 Å². The van der Waals surface area contributed by atoms with E-state index in [1.807, 2.05) is 0 Å². The molecule has 1 aliphatic rings. The maximum absolute atomic E-state index is 12.5. The Morgan fingerprint density at radius 1 is 1.10 bits per heavy atom. The third-order valence-corrected chi connectivity index (χ3v) is 4.44. The smallest absolute Gasteiger partial charge is 0.325 e. The van der Waals surface area contributed by atoms with Crippen LogP contribution >= 0.6 is 0 Å². The quantitative estimate of drug-likeness (QED) is 0.108. The lowest BCUT2D eigenvalue weighted by Gasteiger charge is -2.23. The molecule has 1 rings (SSSR count). The Morgan fingerprint density at radius 3 is 2.34 bits per heavy atom. The summed E-state index contributed by atoms with van der Waals surface area (Å²) < 4.78 is 0. The number of carboxylic acid groups (broad SMARTS) is 1. The molecular weight excluding hydrogens is 382 g/mol. The Kier molecular flexibility index (Phi) is 9.86. The Balaban J connectivity index is 2.67. The fraction of sp³-hybridized carbons (Fsp3) is 0.706. The zero-order valence-corrected chi connectivity index (χ0v) is 16.7. The van der Waals surface area contributed by atoms with Crippen molar-refractivity contribution in [3.63, 3.8) is 0 Å². The highest BCUT2D eigenvalue weighted by Gasteiger charge is 2.28. The number of aliphatic carboxylic acids is 1. The predicted octanol–water partition coefficient (Wildman–Crippen LogP) is -2.63. The molecule has 0 bridgehead atoms. The summed E-state index contributed by atoms with van der Waals surface area (Å²) in [5, 5.41) is 19.5. The van der Waals surface area contributed by atoms with Crippen LogP contribution < -0.4 is 32.7 Å². The van der Waals surface area contributed by atoms with E-state index in [1.54, 1.807) is 0 Å². The van der Waals surface area contributed by atoms with E-state index in [4.69, 9.17) is 16.6 Å². The fourth-order valence-corrected chi connectivity index (χ4v) is 2.73. The van der Waals surface area contributed by atoms with Gasteiger partial charge in [0.15, 0.2) is 5.96 Å². The van der Waals surface area contributed by atoms with Crippen LogP contribution in [-0.2, 0) is 19.2 Å². The second kappa shape index (κ2) is 11.8. The zero-order valence-electron chi connectivity index (χ0n) is 16.7. The van der Waals surface area contributed by atoms with Crippen molar-refractivity contribution in [2.24, 2.45) is 16.5 Å². The third-order valence-electron chi connectivity index (χ3n) is 4.44. The van der Waals surface area contributed by atoms with Gasteiger partial charge in [-0.2, -0.15) is 0 Å². The molecule has 0 radical (unpaired) electrons. The van der Waals surface area contributed by atoms with Crippen LogP contribution in [0, 0.1) is 0 Å². The highest BCUT2D eigenvalue weighted by molar-refractivity contribution is 5.93.